The molecule has 0 saturated heterocycles. The van der Waals surface area contributed by atoms with Crippen molar-refractivity contribution in [3.8, 4) is 5.75 Å². The SMILES string of the molecule is CCC(Nc1cc(C)cnc1Cl)c1ccccc1OC. The van der Waals surface area contributed by atoms with E-state index in [0.29, 0.717) is 5.15 Å². The van der Waals surface area contributed by atoms with Gasteiger partial charge in [-0.3, -0.25) is 0 Å². The molecule has 3 nitrogen and oxygen atoms in total. The molecule has 0 spiro atoms. The van der Waals surface area contributed by atoms with Gasteiger partial charge in [-0.1, -0.05) is 36.7 Å². The molecule has 0 saturated carbocycles. The van der Waals surface area contributed by atoms with Crippen molar-refractivity contribution in [1.82, 2.24) is 4.98 Å². The molecule has 106 valence electrons. The van der Waals surface area contributed by atoms with Crippen molar-refractivity contribution in [1.29, 1.82) is 0 Å². The molecule has 1 aromatic carbocycles. The molecule has 2 rings (SSSR count). The van der Waals surface area contributed by atoms with E-state index in [-0.39, 0.29) is 6.04 Å². The Morgan fingerprint density at radius 3 is 2.80 bits per heavy atom. The summed E-state index contributed by atoms with van der Waals surface area (Å²) in [4.78, 5) is 4.17. The molecule has 0 aliphatic heterocycles. The van der Waals surface area contributed by atoms with Gasteiger partial charge in [-0.2, -0.15) is 0 Å². The number of aromatic nitrogens is 1. The van der Waals surface area contributed by atoms with E-state index in [4.69, 9.17) is 16.3 Å². The molecule has 1 N–H and O–H groups in total. The zero-order valence-electron chi connectivity index (χ0n) is 12.0. The zero-order valence-corrected chi connectivity index (χ0v) is 12.7. The monoisotopic (exact) mass is 290 g/mol. The molecule has 0 fully saturated rings. The highest BCUT2D eigenvalue weighted by atomic mass is 35.5. The number of nitrogens with zero attached hydrogens (tertiary/aromatic N) is 1. The topological polar surface area (TPSA) is 34.2 Å². The molecule has 0 bridgehead atoms. The van der Waals surface area contributed by atoms with Crippen LogP contribution in [0.4, 0.5) is 5.69 Å². The summed E-state index contributed by atoms with van der Waals surface area (Å²) in [6.07, 6.45) is 2.68. The van der Waals surface area contributed by atoms with Crippen molar-refractivity contribution < 1.29 is 4.74 Å². The molecule has 0 aliphatic carbocycles. The first kappa shape index (κ1) is 14.7. The third-order valence-electron chi connectivity index (χ3n) is 3.23. The average Bonchev–Trinajstić information content (AvgIpc) is 2.48. The summed E-state index contributed by atoms with van der Waals surface area (Å²) in [7, 11) is 1.69. The minimum atomic E-state index is 0.132. The summed E-state index contributed by atoms with van der Waals surface area (Å²) in [5.41, 5.74) is 3.05. The number of halogens is 1. The van der Waals surface area contributed by atoms with E-state index in [1.807, 2.05) is 31.2 Å². The minimum absolute atomic E-state index is 0.132. The van der Waals surface area contributed by atoms with Crippen LogP contribution in [0.15, 0.2) is 36.5 Å². The Hall–Kier alpha value is -1.74. The fourth-order valence-electron chi connectivity index (χ4n) is 2.20. The van der Waals surface area contributed by atoms with Crippen LogP contribution in [0.2, 0.25) is 5.15 Å². The molecule has 0 radical (unpaired) electrons. The summed E-state index contributed by atoms with van der Waals surface area (Å²) in [5, 5.41) is 3.94. The molecule has 0 aliphatic rings. The Morgan fingerprint density at radius 1 is 1.35 bits per heavy atom. The summed E-state index contributed by atoms with van der Waals surface area (Å²) in [6, 6.07) is 10.2. The van der Waals surface area contributed by atoms with Crippen molar-refractivity contribution in [2.24, 2.45) is 0 Å². The average molecular weight is 291 g/mol. The van der Waals surface area contributed by atoms with Crippen molar-refractivity contribution in [2.45, 2.75) is 26.3 Å². The summed E-state index contributed by atoms with van der Waals surface area (Å²) < 4.78 is 5.43. The molecule has 4 heteroatoms. The second-order valence-electron chi connectivity index (χ2n) is 4.70. The fraction of sp³-hybridized carbons (Fsp3) is 0.312. The lowest BCUT2D eigenvalue weighted by Gasteiger charge is -2.21. The van der Waals surface area contributed by atoms with Gasteiger partial charge >= 0.3 is 0 Å². The van der Waals surface area contributed by atoms with E-state index in [9.17, 15) is 0 Å². The lowest BCUT2D eigenvalue weighted by atomic mass is 10.0. The van der Waals surface area contributed by atoms with Gasteiger partial charge in [0.1, 0.15) is 5.75 Å². The normalized spacial score (nSPS) is 12.0. The van der Waals surface area contributed by atoms with Gasteiger partial charge in [0.25, 0.3) is 0 Å². The Kier molecular flexibility index (Phi) is 4.85. The summed E-state index contributed by atoms with van der Waals surface area (Å²) in [6.45, 7) is 4.12. The highest BCUT2D eigenvalue weighted by Crippen LogP contribution is 2.32. The smallest absolute Gasteiger partial charge is 0.152 e. The largest absolute Gasteiger partial charge is 0.496 e. The molecular weight excluding hydrogens is 272 g/mol. The van der Waals surface area contributed by atoms with E-state index in [1.165, 1.54) is 0 Å². The predicted octanol–water partition coefficient (Wildman–Crippen LogP) is 4.62. The number of para-hydroxylation sites is 1. The second-order valence-corrected chi connectivity index (χ2v) is 5.06. The maximum absolute atomic E-state index is 6.15. The zero-order chi connectivity index (χ0) is 14.5. The van der Waals surface area contributed by atoms with Crippen molar-refractivity contribution in [3.63, 3.8) is 0 Å². The summed E-state index contributed by atoms with van der Waals surface area (Å²) in [5.74, 6) is 0.878. The van der Waals surface area contributed by atoms with Gasteiger partial charge < -0.3 is 10.1 Å². The van der Waals surface area contributed by atoms with Crippen LogP contribution in [0.1, 0.15) is 30.5 Å². The molecule has 1 atom stereocenters. The van der Waals surface area contributed by atoms with Crippen LogP contribution in [-0.4, -0.2) is 12.1 Å². The first-order valence-corrected chi connectivity index (χ1v) is 7.05. The molecule has 2 aromatic rings. The number of hydrogen-bond acceptors (Lipinski definition) is 3. The maximum atomic E-state index is 6.15. The Morgan fingerprint density at radius 2 is 2.10 bits per heavy atom. The second kappa shape index (κ2) is 6.62. The van der Waals surface area contributed by atoms with Gasteiger partial charge in [-0.25, -0.2) is 4.98 Å². The lowest BCUT2D eigenvalue weighted by Crippen LogP contribution is -2.11. The molecule has 0 amide bonds. The van der Waals surface area contributed by atoms with Crippen molar-refractivity contribution in [3.05, 3.63) is 52.8 Å². The number of ether oxygens (including phenoxy) is 1. The van der Waals surface area contributed by atoms with E-state index < -0.39 is 0 Å². The number of benzene rings is 1. The fourth-order valence-corrected chi connectivity index (χ4v) is 2.35. The lowest BCUT2D eigenvalue weighted by molar-refractivity contribution is 0.406. The first-order chi connectivity index (χ1) is 9.65. The van der Waals surface area contributed by atoms with Crippen molar-refractivity contribution in [2.75, 3.05) is 12.4 Å². The van der Waals surface area contributed by atoms with Gasteiger partial charge in [0, 0.05) is 11.8 Å². The number of anilines is 1. The first-order valence-electron chi connectivity index (χ1n) is 6.67. The number of aryl methyl sites for hydroxylation is 1. The van der Waals surface area contributed by atoms with Crippen LogP contribution in [0.5, 0.6) is 5.75 Å². The maximum Gasteiger partial charge on any atom is 0.152 e. The van der Waals surface area contributed by atoms with Crippen molar-refractivity contribution >= 4 is 17.3 Å². The number of rotatable bonds is 5. The highest BCUT2D eigenvalue weighted by molar-refractivity contribution is 6.32. The van der Waals surface area contributed by atoms with Gasteiger partial charge in [0.15, 0.2) is 5.15 Å². The van der Waals surface area contributed by atoms with Crippen LogP contribution in [0.3, 0.4) is 0 Å². The van der Waals surface area contributed by atoms with Crippen LogP contribution in [-0.2, 0) is 0 Å². The van der Waals surface area contributed by atoms with Gasteiger partial charge in [-0.05, 0) is 31.0 Å². The number of hydrogen-bond donors (Lipinski definition) is 1. The molecule has 1 heterocycles. The quantitative estimate of drug-likeness (QED) is 0.816. The third-order valence-corrected chi connectivity index (χ3v) is 3.53. The standard InChI is InChI=1S/C16H19ClN2O/c1-4-13(12-7-5-6-8-15(12)20-3)19-14-9-11(2)10-18-16(14)17/h5-10,13,19H,4H2,1-3H3. The number of pyridine rings is 1. The molecule has 1 aromatic heterocycles. The predicted molar refractivity (Wildman–Crippen MR) is 83.6 cm³/mol. The van der Waals surface area contributed by atoms with Crippen LogP contribution < -0.4 is 10.1 Å². The van der Waals surface area contributed by atoms with E-state index in [0.717, 1.165) is 29.0 Å². The van der Waals surface area contributed by atoms with Crippen LogP contribution in [0, 0.1) is 6.92 Å². The van der Waals surface area contributed by atoms with Gasteiger partial charge in [-0.15, -0.1) is 0 Å². The van der Waals surface area contributed by atoms with E-state index in [2.05, 4.69) is 23.3 Å². The van der Waals surface area contributed by atoms with Gasteiger partial charge in [0.05, 0.1) is 18.8 Å². The molecule has 1 unspecified atom stereocenters. The van der Waals surface area contributed by atoms with Crippen LogP contribution >= 0.6 is 11.6 Å². The minimum Gasteiger partial charge on any atom is -0.496 e. The Labute approximate surface area is 124 Å². The van der Waals surface area contributed by atoms with Gasteiger partial charge in [0.2, 0.25) is 0 Å². The Balaban J connectivity index is 2.31. The summed E-state index contributed by atoms with van der Waals surface area (Å²) >= 11 is 6.15. The number of nitrogens with one attached hydrogen (secondary N) is 1. The third kappa shape index (κ3) is 3.23. The number of methoxy groups -OCH3 is 1. The van der Waals surface area contributed by atoms with Crippen LogP contribution in [0.25, 0.3) is 0 Å². The Bertz CT molecular complexity index is 586. The molecule has 20 heavy (non-hydrogen) atoms. The van der Waals surface area contributed by atoms with E-state index >= 15 is 0 Å². The van der Waals surface area contributed by atoms with E-state index in [1.54, 1.807) is 13.3 Å². The highest BCUT2D eigenvalue weighted by Gasteiger charge is 2.15. The molecular formula is C16H19ClN2O.